The molecule has 1 unspecified atom stereocenters. The molecule has 0 aliphatic carbocycles. The van der Waals surface area contributed by atoms with Crippen LogP contribution in [-0.4, -0.2) is 43.1 Å². The van der Waals surface area contributed by atoms with E-state index in [2.05, 4.69) is 4.98 Å². The van der Waals surface area contributed by atoms with Gasteiger partial charge in [0.15, 0.2) is 9.84 Å². The van der Waals surface area contributed by atoms with E-state index < -0.39 is 15.2 Å². The zero-order valence-electron chi connectivity index (χ0n) is 10.2. The van der Waals surface area contributed by atoms with Crippen LogP contribution < -0.4 is 10.6 Å². The number of thioether (sulfide) groups is 1. The monoisotopic (exact) mass is 287 g/mol. The summed E-state index contributed by atoms with van der Waals surface area (Å²) in [4.78, 5) is 5.98. The highest BCUT2D eigenvalue weighted by molar-refractivity contribution is 8.01. The van der Waals surface area contributed by atoms with Gasteiger partial charge in [-0.1, -0.05) is 0 Å². The molecule has 1 fully saturated rings. The second kappa shape index (κ2) is 5.46. The van der Waals surface area contributed by atoms with E-state index >= 15 is 0 Å². The van der Waals surface area contributed by atoms with Crippen LogP contribution in [0.5, 0.6) is 0 Å². The second-order valence-electron chi connectivity index (χ2n) is 4.26. The Balaban J connectivity index is 2.40. The minimum absolute atomic E-state index is 0.364. The van der Waals surface area contributed by atoms with E-state index in [1.807, 2.05) is 11.0 Å². The summed E-state index contributed by atoms with van der Waals surface area (Å²) < 4.78 is 23.7. The molecule has 1 atom stereocenters. The minimum Gasteiger partial charge on any atom is -0.353 e. The van der Waals surface area contributed by atoms with Crippen molar-refractivity contribution in [2.75, 3.05) is 29.2 Å². The maximum Gasteiger partial charge on any atom is 0.169 e. The average molecular weight is 287 g/mol. The number of hydrogen-bond donors (Lipinski definition) is 1. The van der Waals surface area contributed by atoms with E-state index in [-0.39, 0.29) is 0 Å². The fraction of sp³-hybridized carbons (Fsp3) is 0.545. The number of sulfone groups is 1. The predicted octanol–water partition coefficient (Wildman–Crippen LogP) is 0.464. The van der Waals surface area contributed by atoms with Crippen LogP contribution in [0.1, 0.15) is 5.56 Å². The van der Waals surface area contributed by atoms with Gasteiger partial charge in [0.2, 0.25) is 0 Å². The first-order valence-corrected chi connectivity index (χ1v) is 8.81. The third kappa shape index (κ3) is 2.78. The lowest BCUT2D eigenvalue weighted by atomic mass is 10.2. The van der Waals surface area contributed by atoms with E-state index in [4.69, 9.17) is 5.73 Å². The van der Waals surface area contributed by atoms with Gasteiger partial charge >= 0.3 is 0 Å². The lowest BCUT2D eigenvalue weighted by Crippen LogP contribution is -2.47. The summed E-state index contributed by atoms with van der Waals surface area (Å²) in [5.41, 5.74) is 7.47. The summed E-state index contributed by atoms with van der Waals surface area (Å²) >= 11 is 1.67. The summed E-state index contributed by atoms with van der Waals surface area (Å²) in [5.74, 6) is 1.53. The normalized spacial score (nSPS) is 21.0. The standard InChI is InChI=1S/C11H17N3O2S2/c1-18(15,16)11-8-17-5-4-14(11)10-2-3-13-7-9(10)6-12/h2-3,7,11H,4-6,8,12H2,1H3. The van der Waals surface area contributed by atoms with Crippen LogP contribution in [0.4, 0.5) is 5.69 Å². The van der Waals surface area contributed by atoms with Crippen LogP contribution in [0.3, 0.4) is 0 Å². The number of rotatable bonds is 3. The molecule has 0 spiro atoms. The van der Waals surface area contributed by atoms with Crippen LogP contribution in [0.15, 0.2) is 18.5 Å². The number of anilines is 1. The summed E-state index contributed by atoms with van der Waals surface area (Å²) in [6.45, 7) is 1.09. The molecule has 0 radical (unpaired) electrons. The molecule has 1 aromatic heterocycles. The van der Waals surface area contributed by atoms with E-state index in [9.17, 15) is 8.42 Å². The lowest BCUT2D eigenvalue weighted by molar-refractivity contribution is 0.584. The van der Waals surface area contributed by atoms with E-state index in [1.165, 1.54) is 6.26 Å². The first-order valence-electron chi connectivity index (χ1n) is 5.70. The van der Waals surface area contributed by atoms with Crippen LogP contribution in [0.25, 0.3) is 0 Å². The Morgan fingerprint density at radius 1 is 1.61 bits per heavy atom. The van der Waals surface area contributed by atoms with Crippen molar-refractivity contribution in [1.82, 2.24) is 4.98 Å². The topological polar surface area (TPSA) is 76.3 Å². The molecule has 0 aromatic carbocycles. The van der Waals surface area contributed by atoms with Gasteiger partial charge in [-0.15, -0.1) is 0 Å². The molecule has 0 bridgehead atoms. The predicted molar refractivity (Wildman–Crippen MR) is 75.4 cm³/mol. The van der Waals surface area contributed by atoms with Crippen LogP contribution in [0.2, 0.25) is 0 Å². The van der Waals surface area contributed by atoms with Gasteiger partial charge in [0.05, 0.1) is 0 Å². The molecule has 2 heterocycles. The van der Waals surface area contributed by atoms with E-state index in [1.54, 1.807) is 24.2 Å². The van der Waals surface area contributed by atoms with Crippen LogP contribution in [0, 0.1) is 0 Å². The molecule has 1 aliphatic heterocycles. The van der Waals surface area contributed by atoms with Gasteiger partial charge in [0, 0.05) is 54.5 Å². The van der Waals surface area contributed by atoms with Gasteiger partial charge < -0.3 is 10.6 Å². The van der Waals surface area contributed by atoms with Gasteiger partial charge in [-0.2, -0.15) is 11.8 Å². The van der Waals surface area contributed by atoms with Crippen molar-refractivity contribution >= 4 is 27.3 Å². The summed E-state index contributed by atoms with van der Waals surface area (Å²) in [6.07, 6.45) is 4.67. The molecule has 0 amide bonds. The molecule has 7 heteroatoms. The minimum atomic E-state index is -3.10. The van der Waals surface area contributed by atoms with Crippen molar-refractivity contribution in [2.45, 2.75) is 11.9 Å². The SMILES string of the molecule is CS(=O)(=O)C1CSCCN1c1ccncc1CN. The quantitative estimate of drug-likeness (QED) is 0.870. The van der Waals surface area contributed by atoms with E-state index in [0.29, 0.717) is 12.3 Å². The molecule has 5 nitrogen and oxygen atoms in total. The van der Waals surface area contributed by atoms with Gasteiger partial charge in [-0.05, 0) is 6.07 Å². The zero-order valence-corrected chi connectivity index (χ0v) is 11.9. The first-order chi connectivity index (χ1) is 8.54. The van der Waals surface area contributed by atoms with Crippen molar-refractivity contribution in [3.05, 3.63) is 24.0 Å². The first kappa shape index (κ1) is 13.6. The highest BCUT2D eigenvalue weighted by Gasteiger charge is 2.31. The van der Waals surface area contributed by atoms with Crippen molar-refractivity contribution in [1.29, 1.82) is 0 Å². The number of aromatic nitrogens is 1. The molecule has 100 valence electrons. The average Bonchev–Trinajstić information content (AvgIpc) is 2.37. The maximum absolute atomic E-state index is 11.9. The van der Waals surface area contributed by atoms with Gasteiger partial charge in [-0.25, -0.2) is 8.42 Å². The Morgan fingerprint density at radius 2 is 2.39 bits per heavy atom. The van der Waals surface area contributed by atoms with Crippen molar-refractivity contribution in [3.8, 4) is 0 Å². The lowest BCUT2D eigenvalue weighted by Gasteiger charge is -2.36. The molecule has 1 aliphatic rings. The fourth-order valence-corrected chi connectivity index (χ4v) is 4.90. The fourth-order valence-electron chi connectivity index (χ4n) is 2.07. The highest BCUT2D eigenvalue weighted by atomic mass is 32.2. The number of pyridine rings is 1. The third-order valence-electron chi connectivity index (χ3n) is 2.99. The molecule has 2 N–H and O–H groups in total. The molecule has 2 rings (SSSR count). The Labute approximate surface area is 112 Å². The molecule has 1 saturated heterocycles. The Hall–Kier alpha value is -0.790. The van der Waals surface area contributed by atoms with E-state index in [0.717, 1.165) is 23.5 Å². The number of nitrogens with two attached hydrogens (primary N) is 1. The largest absolute Gasteiger partial charge is 0.353 e. The van der Waals surface area contributed by atoms with Gasteiger partial charge in [0.25, 0.3) is 0 Å². The van der Waals surface area contributed by atoms with Crippen molar-refractivity contribution < 1.29 is 8.42 Å². The zero-order chi connectivity index (χ0) is 13.2. The number of hydrogen-bond acceptors (Lipinski definition) is 6. The third-order valence-corrected chi connectivity index (χ3v) is 5.63. The molecule has 1 aromatic rings. The van der Waals surface area contributed by atoms with Gasteiger partial charge in [0.1, 0.15) is 5.37 Å². The summed E-state index contributed by atoms with van der Waals surface area (Å²) in [5, 5.41) is -0.469. The molecule has 18 heavy (non-hydrogen) atoms. The summed E-state index contributed by atoms with van der Waals surface area (Å²) in [7, 11) is -3.10. The van der Waals surface area contributed by atoms with Crippen molar-refractivity contribution in [2.24, 2.45) is 5.73 Å². The Morgan fingerprint density at radius 3 is 3.06 bits per heavy atom. The smallest absolute Gasteiger partial charge is 0.169 e. The number of nitrogens with zero attached hydrogens (tertiary/aromatic N) is 2. The second-order valence-corrected chi connectivity index (χ2v) is 7.61. The van der Waals surface area contributed by atoms with Crippen LogP contribution in [-0.2, 0) is 16.4 Å². The van der Waals surface area contributed by atoms with Crippen molar-refractivity contribution in [3.63, 3.8) is 0 Å². The Kier molecular flexibility index (Phi) is 4.14. The maximum atomic E-state index is 11.9. The molecular formula is C11H17N3O2S2. The van der Waals surface area contributed by atoms with Crippen LogP contribution >= 0.6 is 11.8 Å². The summed E-state index contributed by atoms with van der Waals surface area (Å²) in [6, 6.07) is 1.84. The molecular weight excluding hydrogens is 270 g/mol. The highest BCUT2D eigenvalue weighted by Crippen LogP contribution is 2.28. The Bertz CT molecular complexity index is 519. The molecule has 0 saturated carbocycles. The van der Waals surface area contributed by atoms with Gasteiger partial charge in [-0.3, -0.25) is 4.98 Å².